The maximum atomic E-state index is 13.5. The van der Waals surface area contributed by atoms with Crippen LogP contribution in [0.25, 0.3) is 11.3 Å². The molecule has 0 unspecified atom stereocenters. The topological polar surface area (TPSA) is 76.2 Å². The van der Waals surface area contributed by atoms with Gasteiger partial charge in [0.2, 0.25) is 5.91 Å². The monoisotopic (exact) mass is 407 g/mol. The summed E-state index contributed by atoms with van der Waals surface area (Å²) in [6.07, 6.45) is 0. The van der Waals surface area contributed by atoms with Crippen LogP contribution in [0.5, 0.6) is 0 Å². The fourth-order valence-corrected chi connectivity index (χ4v) is 3.86. The predicted octanol–water partition coefficient (Wildman–Crippen LogP) is 3.82. The number of nitrogens with two attached hydrogens (primary N) is 1. The zero-order valence-electron chi connectivity index (χ0n) is 17.4. The van der Waals surface area contributed by atoms with E-state index in [1.165, 1.54) is 17.7 Å². The molecule has 1 aliphatic heterocycles. The molecular formula is C23H26FN5O. The molecule has 1 aromatic heterocycles. The number of aryl methyl sites for hydroxylation is 1. The molecule has 3 aromatic rings. The molecule has 156 valence electrons. The highest BCUT2D eigenvalue weighted by atomic mass is 19.1. The first kappa shape index (κ1) is 20.1. The van der Waals surface area contributed by atoms with Crippen LogP contribution < -0.4 is 11.1 Å². The third-order valence-electron chi connectivity index (χ3n) is 5.53. The highest BCUT2D eigenvalue weighted by Gasteiger charge is 2.38. The molecule has 1 amide bonds. The fourth-order valence-electron chi connectivity index (χ4n) is 3.86. The number of rotatable bonds is 4. The molecule has 1 aliphatic rings. The lowest BCUT2D eigenvalue weighted by atomic mass is 9.99. The van der Waals surface area contributed by atoms with E-state index >= 15 is 0 Å². The Hall–Kier alpha value is -3.19. The van der Waals surface area contributed by atoms with E-state index in [1.54, 1.807) is 17.0 Å². The molecule has 0 saturated carbocycles. The third kappa shape index (κ3) is 3.68. The average molecular weight is 407 g/mol. The van der Waals surface area contributed by atoms with Crippen molar-refractivity contribution in [3.63, 3.8) is 0 Å². The van der Waals surface area contributed by atoms with Crippen molar-refractivity contribution in [3.05, 3.63) is 65.7 Å². The lowest BCUT2D eigenvalue weighted by Gasteiger charge is -2.42. The molecule has 0 radical (unpaired) electrons. The number of carbonyl (C=O) groups excluding carboxylic acids is 1. The van der Waals surface area contributed by atoms with Crippen molar-refractivity contribution in [2.45, 2.75) is 39.4 Å². The zero-order valence-corrected chi connectivity index (χ0v) is 17.4. The van der Waals surface area contributed by atoms with Crippen molar-refractivity contribution in [1.29, 1.82) is 0 Å². The van der Waals surface area contributed by atoms with Crippen LogP contribution in [0, 0.1) is 12.7 Å². The van der Waals surface area contributed by atoms with E-state index in [9.17, 15) is 9.18 Å². The second kappa shape index (κ2) is 7.57. The van der Waals surface area contributed by atoms with Gasteiger partial charge in [0.15, 0.2) is 0 Å². The summed E-state index contributed by atoms with van der Waals surface area (Å²) in [6.45, 7) is 6.99. The Bertz CT molecular complexity index is 1070. The van der Waals surface area contributed by atoms with Crippen molar-refractivity contribution in [2.24, 2.45) is 5.73 Å². The minimum Gasteiger partial charge on any atom is -0.340 e. The Morgan fingerprint density at radius 3 is 2.47 bits per heavy atom. The number of hydrogen-bond donors (Lipinski definition) is 2. The Labute approximate surface area is 175 Å². The number of imidazole rings is 1. The summed E-state index contributed by atoms with van der Waals surface area (Å²) in [5.74, 6) is 1.20. The summed E-state index contributed by atoms with van der Waals surface area (Å²) in [7, 11) is 0. The Balaban J connectivity index is 1.82. The quantitative estimate of drug-likeness (QED) is 0.689. The molecule has 7 heteroatoms. The van der Waals surface area contributed by atoms with E-state index in [0.717, 1.165) is 28.6 Å². The van der Waals surface area contributed by atoms with Crippen LogP contribution in [0.3, 0.4) is 0 Å². The van der Waals surface area contributed by atoms with E-state index in [2.05, 4.69) is 9.88 Å². The van der Waals surface area contributed by atoms with Crippen molar-refractivity contribution < 1.29 is 9.18 Å². The molecule has 0 spiro atoms. The summed E-state index contributed by atoms with van der Waals surface area (Å²) in [4.78, 5) is 19.0. The average Bonchev–Trinajstić information content (AvgIpc) is 3.05. The Kier molecular flexibility index (Phi) is 5.07. The predicted molar refractivity (Wildman–Crippen MR) is 116 cm³/mol. The fraction of sp³-hybridized carbons (Fsp3) is 0.304. The second-order valence-corrected chi connectivity index (χ2v) is 8.31. The van der Waals surface area contributed by atoms with Gasteiger partial charge in [-0.3, -0.25) is 4.79 Å². The molecule has 30 heavy (non-hydrogen) atoms. The van der Waals surface area contributed by atoms with Crippen molar-refractivity contribution >= 4 is 17.4 Å². The number of anilines is 2. The van der Waals surface area contributed by atoms with Gasteiger partial charge in [-0.25, -0.2) is 9.37 Å². The molecule has 0 aliphatic carbocycles. The van der Waals surface area contributed by atoms with Gasteiger partial charge in [-0.1, -0.05) is 17.7 Å². The van der Waals surface area contributed by atoms with Gasteiger partial charge in [0, 0.05) is 17.8 Å². The third-order valence-corrected chi connectivity index (χ3v) is 5.53. The highest BCUT2D eigenvalue weighted by Crippen LogP contribution is 2.37. The second-order valence-electron chi connectivity index (χ2n) is 8.31. The van der Waals surface area contributed by atoms with Gasteiger partial charge in [0.1, 0.15) is 23.2 Å². The summed E-state index contributed by atoms with van der Waals surface area (Å²) >= 11 is 0. The number of nitrogens with one attached hydrogen (secondary N) is 1. The molecule has 0 bridgehead atoms. The Morgan fingerprint density at radius 1 is 1.17 bits per heavy atom. The van der Waals surface area contributed by atoms with Crippen LogP contribution in [-0.2, 0) is 17.9 Å². The number of fused-ring (bicyclic) bond motifs is 1. The van der Waals surface area contributed by atoms with Crippen molar-refractivity contribution in [3.8, 4) is 11.3 Å². The van der Waals surface area contributed by atoms with Crippen molar-refractivity contribution in [1.82, 2.24) is 14.5 Å². The van der Waals surface area contributed by atoms with Crippen LogP contribution >= 0.6 is 0 Å². The number of carbonyl (C=O) groups is 1. The van der Waals surface area contributed by atoms with Crippen LogP contribution in [0.2, 0.25) is 0 Å². The minimum absolute atomic E-state index is 0.0383. The van der Waals surface area contributed by atoms with Gasteiger partial charge in [-0.15, -0.1) is 0 Å². The van der Waals surface area contributed by atoms with Gasteiger partial charge in [0.25, 0.3) is 0 Å². The van der Waals surface area contributed by atoms with E-state index < -0.39 is 5.54 Å². The van der Waals surface area contributed by atoms with Crippen molar-refractivity contribution in [2.75, 3.05) is 11.9 Å². The molecular weight excluding hydrogens is 381 g/mol. The first-order valence-corrected chi connectivity index (χ1v) is 9.98. The lowest BCUT2D eigenvalue weighted by Crippen LogP contribution is -2.55. The largest absolute Gasteiger partial charge is 0.340 e. The van der Waals surface area contributed by atoms with Crippen LogP contribution in [0.1, 0.15) is 25.2 Å². The van der Waals surface area contributed by atoms with E-state index in [0.29, 0.717) is 13.1 Å². The normalized spacial score (nSPS) is 15.0. The standard InChI is InChI=1S/C23H26FN5O/c1-15-4-10-18(11-5-15)26-22-21(16-6-8-17(24)9-7-16)27-19-13-29(20(30)12-25)23(2,3)14-28(19)22/h4-11,26H,12-14,25H2,1-3H3. The highest BCUT2D eigenvalue weighted by molar-refractivity contribution is 5.80. The zero-order chi connectivity index (χ0) is 21.5. The minimum atomic E-state index is -0.423. The molecule has 2 aromatic carbocycles. The molecule has 0 fully saturated rings. The smallest absolute Gasteiger partial charge is 0.237 e. The number of halogens is 1. The summed E-state index contributed by atoms with van der Waals surface area (Å²) in [5.41, 5.74) is 8.85. The van der Waals surface area contributed by atoms with Gasteiger partial charge >= 0.3 is 0 Å². The van der Waals surface area contributed by atoms with Crippen LogP contribution in [0.4, 0.5) is 15.9 Å². The van der Waals surface area contributed by atoms with E-state index in [1.807, 2.05) is 45.0 Å². The lowest BCUT2D eigenvalue weighted by molar-refractivity contribution is -0.137. The SMILES string of the molecule is Cc1ccc(Nc2c(-c3ccc(F)cc3)nc3n2CC(C)(C)N(C(=O)CN)C3)cc1. The van der Waals surface area contributed by atoms with E-state index in [-0.39, 0.29) is 18.3 Å². The van der Waals surface area contributed by atoms with Crippen LogP contribution in [-0.4, -0.2) is 32.4 Å². The molecule has 3 N–H and O–H groups in total. The summed E-state index contributed by atoms with van der Waals surface area (Å²) < 4.78 is 15.6. The van der Waals surface area contributed by atoms with Gasteiger partial charge < -0.3 is 20.5 Å². The van der Waals surface area contributed by atoms with Crippen LogP contribution in [0.15, 0.2) is 48.5 Å². The number of aromatic nitrogens is 2. The number of hydrogen-bond acceptors (Lipinski definition) is 4. The molecule has 6 nitrogen and oxygen atoms in total. The molecule has 0 atom stereocenters. The molecule has 0 saturated heterocycles. The van der Waals surface area contributed by atoms with Gasteiger partial charge in [-0.2, -0.15) is 0 Å². The maximum absolute atomic E-state index is 13.5. The van der Waals surface area contributed by atoms with Gasteiger partial charge in [-0.05, 0) is 57.2 Å². The summed E-state index contributed by atoms with van der Waals surface area (Å²) in [6, 6.07) is 14.4. The van der Waals surface area contributed by atoms with E-state index in [4.69, 9.17) is 10.7 Å². The first-order valence-electron chi connectivity index (χ1n) is 9.98. The first-order chi connectivity index (χ1) is 14.3. The maximum Gasteiger partial charge on any atom is 0.237 e. The molecule has 2 heterocycles. The Morgan fingerprint density at radius 2 is 1.83 bits per heavy atom. The number of nitrogens with zero attached hydrogens (tertiary/aromatic N) is 3. The number of amides is 1. The summed E-state index contributed by atoms with van der Waals surface area (Å²) in [5, 5.41) is 3.50. The number of benzene rings is 2. The molecule has 4 rings (SSSR count). The van der Waals surface area contributed by atoms with Gasteiger partial charge in [0.05, 0.1) is 18.6 Å².